The van der Waals surface area contributed by atoms with Crippen molar-refractivity contribution in [2.24, 2.45) is 17.1 Å². The number of hydrogen-bond donors (Lipinski definition) is 1. The molecular formula is C11H21NO2. The van der Waals surface area contributed by atoms with Crippen molar-refractivity contribution in [3.63, 3.8) is 0 Å². The van der Waals surface area contributed by atoms with E-state index in [-0.39, 0.29) is 5.97 Å². The number of esters is 1. The maximum Gasteiger partial charge on any atom is 0.313 e. The van der Waals surface area contributed by atoms with Gasteiger partial charge in [-0.25, -0.2) is 0 Å². The van der Waals surface area contributed by atoms with Crippen LogP contribution in [0.2, 0.25) is 0 Å². The van der Waals surface area contributed by atoms with Crippen LogP contribution in [0.3, 0.4) is 0 Å². The number of nitrogens with two attached hydrogens (primary N) is 1. The van der Waals surface area contributed by atoms with E-state index in [1.165, 1.54) is 12.8 Å². The third-order valence-corrected chi connectivity index (χ3v) is 3.42. The second kappa shape index (κ2) is 4.78. The molecule has 0 aromatic heterocycles. The van der Waals surface area contributed by atoms with E-state index < -0.39 is 5.41 Å². The molecule has 1 atom stereocenters. The lowest BCUT2D eigenvalue weighted by Gasteiger charge is -2.31. The molecule has 3 nitrogen and oxygen atoms in total. The van der Waals surface area contributed by atoms with Crippen molar-refractivity contribution in [3.8, 4) is 0 Å². The largest absolute Gasteiger partial charge is 0.466 e. The van der Waals surface area contributed by atoms with Crippen LogP contribution in [-0.4, -0.2) is 19.1 Å². The Balaban J connectivity index is 2.68. The predicted octanol–water partition coefficient (Wildman–Crippen LogP) is 1.70. The Morgan fingerprint density at radius 1 is 1.50 bits per heavy atom. The van der Waals surface area contributed by atoms with Gasteiger partial charge in [-0.2, -0.15) is 0 Å². The lowest BCUT2D eigenvalue weighted by atomic mass is 9.76. The summed E-state index contributed by atoms with van der Waals surface area (Å²) >= 11 is 0. The molecule has 0 aromatic rings. The standard InChI is InChI=1S/C11H21NO2/c1-3-14-10(13)11(2,8-12)9-6-4-5-7-9/h9H,3-8,12H2,1-2H3. The highest BCUT2D eigenvalue weighted by atomic mass is 16.5. The Hall–Kier alpha value is -0.570. The van der Waals surface area contributed by atoms with Crippen LogP contribution in [0.1, 0.15) is 39.5 Å². The van der Waals surface area contributed by atoms with Gasteiger partial charge >= 0.3 is 5.97 Å². The summed E-state index contributed by atoms with van der Waals surface area (Å²) in [6, 6.07) is 0. The van der Waals surface area contributed by atoms with E-state index >= 15 is 0 Å². The fourth-order valence-electron chi connectivity index (χ4n) is 2.28. The summed E-state index contributed by atoms with van der Waals surface area (Å²) < 4.78 is 5.09. The Bertz CT molecular complexity index is 199. The molecule has 1 aliphatic carbocycles. The van der Waals surface area contributed by atoms with Crippen molar-refractivity contribution in [1.29, 1.82) is 0 Å². The van der Waals surface area contributed by atoms with E-state index in [1.807, 2.05) is 13.8 Å². The zero-order valence-electron chi connectivity index (χ0n) is 9.21. The Labute approximate surface area is 86.0 Å². The molecule has 1 fully saturated rings. The van der Waals surface area contributed by atoms with E-state index in [1.54, 1.807) is 0 Å². The van der Waals surface area contributed by atoms with Crippen LogP contribution in [0.25, 0.3) is 0 Å². The quantitative estimate of drug-likeness (QED) is 0.701. The fourth-order valence-corrected chi connectivity index (χ4v) is 2.28. The number of ether oxygens (including phenoxy) is 1. The second-order valence-corrected chi connectivity index (χ2v) is 4.32. The zero-order chi connectivity index (χ0) is 10.6. The van der Waals surface area contributed by atoms with Gasteiger partial charge in [0.25, 0.3) is 0 Å². The van der Waals surface area contributed by atoms with Gasteiger partial charge in [0.2, 0.25) is 0 Å². The van der Waals surface area contributed by atoms with Crippen molar-refractivity contribution in [1.82, 2.24) is 0 Å². The third kappa shape index (κ3) is 2.08. The minimum absolute atomic E-state index is 0.116. The van der Waals surface area contributed by atoms with E-state index in [4.69, 9.17) is 10.5 Å². The molecule has 14 heavy (non-hydrogen) atoms. The SMILES string of the molecule is CCOC(=O)C(C)(CN)C1CCCC1. The van der Waals surface area contributed by atoms with Crippen molar-refractivity contribution in [2.45, 2.75) is 39.5 Å². The second-order valence-electron chi connectivity index (χ2n) is 4.32. The van der Waals surface area contributed by atoms with Gasteiger partial charge in [-0.05, 0) is 32.6 Å². The number of rotatable bonds is 4. The summed E-state index contributed by atoms with van der Waals surface area (Å²) in [7, 11) is 0. The summed E-state index contributed by atoms with van der Waals surface area (Å²) in [4.78, 5) is 11.8. The van der Waals surface area contributed by atoms with Gasteiger partial charge in [0.05, 0.1) is 12.0 Å². The summed E-state index contributed by atoms with van der Waals surface area (Å²) in [5, 5.41) is 0. The Kier molecular flexibility index (Phi) is 3.93. The van der Waals surface area contributed by atoms with Gasteiger partial charge in [-0.15, -0.1) is 0 Å². The molecule has 3 heteroatoms. The van der Waals surface area contributed by atoms with Crippen LogP contribution in [0.15, 0.2) is 0 Å². The molecule has 1 saturated carbocycles. The smallest absolute Gasteiger partial charge is 0.313 e. The molecule has 0 spiro atoms. The van der Waals surface area contributed by atoms with Gasteiger partial charge in [-0.3, -0.25) is 4.79 Å². The highest BCUT2D eigenvalue weighted by Gasteiger charge is 2.42. The van der Waals surface area contributed by atoms with E-state index in [2.05, 4.69) is 0 Å². The van der Waals surface area contributed by atoms with Gasteiger partial charge in [-0.1, -0.05) is 12.8 Å². The first kappa shape index (κ1) is 11.5. The molecule has 1 unspecified atom stereocenters. The zero-order valence-corrected chi connectivity index (χ0v) is 9.21. The maximum atomic E-state index is 11.8. The van der Waals surface area contributed by atoms with Gasteiger partial charge < -0.3 is 10.5 Å². The molecule has 0 aromatic carbocycles. The average molecular weight is 199 g/mol. The van der Waals surface area contributed by atoms with E-state index in [0.717, 1.165) is 12.8 Å². The van der Waals surface area contributed by atoms with Crippen molar-refractivity contribution in [2.75, 3.05) is 13.2 Å². The highest BCUT2D eigenvalue weighted by molar-refractivity contribution is 5.77. The van der Waals surface area contributed by atoms with Gasteiger partial charge in [0.15, 0.2) is 0 Å². The fraction of sp³-hybridized carbons (Fsp3) is 0.909. The first-order chi connectivity index (χ1) is 6.65. The topological polar surface area (TPSA) is 52.3 Å². The number of carbonyl (C=O) groups is 1. The van der Waals surface area contributed by atoms with Crippen LogP contribution in [0.4, 0.5) is 0 Å². The molecule has 0 bridgehead atoms. The molecule has 1 rings (SSSR count). The Morgan fingerprint density at radius 2 is 2.07 bits per heavy atom. The lowest BCUT2D eigenvalue weighted by Crippen LogP contribution is -2.42. The van der Waals surface area contributed by atoms with Crippen LogP contribution in [-0.2, 0) is 9.53 Å². The monoisotopic (exact) mass is 199 g/mol. The molecule has 0 amide bonds. The molecular weight excluding hydrogens is 178 g/mol. The highest BCUT2D eigenvalue weighted by Crippen LogP contribution is 2.40. The average Bonchev–Trinajstić information content (AvgIpc) is 2.70. The van der Waals surface area contributed by atoms with Crippen LogP contribution in [0.5, 0.6) is 0 Å². The molecule has 82 valence electrons. The molecule has 0 radical (unpaired) electrons. The van der Waals surface area contributed by atoms with Crippen molar-refractivity contribution < 1.29 is 9.53 Å². The first-order valence-electron chi connectivity index (χ1n) is 5.52. The summed E-state index contributed by atoms with van der Waals surface area (Å²) in [5.41, 5.74) is 5.27. The normalized spacial score (nSPS) is 21.9. The van der Waals surface area contributed by atoms with Gasteiger partial charge in [0, 0.05) is 6.54 Å². The molecule has 0 saturated heterocycles. The predicted molar refractivity (Wildman–Crippen MR) is 55.8 cm³/mol. The third-order valence-electron chi connectivity index (χ3n) is 3.42. The van der Waals surface area contributed by atoms with Crippen LogP contribution >= 0.6 is 0 Å². The number of carbonyl (C=O) groups excluding carboxylic acids is 1. The van der Waals surface area contributed by atoms with E-state index in [0.29, 0.717) is 19.1 Å². The summed E-state index contributed by atoms with van der Waals surface area (Å²) in [6.07, 6.45) is 4.68. The first-order valence-corrected chi connectivity index (χ1v) is 5.52. The van der Waals surface area contributed by atoms with Gasteiger partial charge in [0.1, 0.15) is 0 Å². The van der Waals surface area contributed by atoms with E-state index in [9.17, 15) is 4.79 Å². The van der Waals surface area contributed by atoms with Crippen LogP contribution < -0.4 is 5.73 Å². The summed E-state index contributed by atoms with van der Waals surface area (Å²) in [5.74, 6) is 0.306. The molecule has 2 N–H and O–H groups in total. The van der Waals surface area contributed by atoms with Crippen molar-refractivity contribution >= 4 is 5.97 Å². The molecule has 0 heterocycles. The number of hydrogen-bond acceptors (Lipinski definition) is 3. The Morgan fingerprint density at radius 3 is 2.50 bits per heavy atom. The minimum atomic E-state index is -0.452. The summed E-state index contributed by atoms with van der Waals surface area (Å²) in [6.45, 7) is 4.63. The molecule has 1 aliphatic rings. The lowest BCUT2D eigenvalue weighted by molar-refractivity contribution is -0.157. The maximum absolute atomic E-state index is 11.8. The minimum Gasteiger partial charge on any atom is -0.466 e. The van der Waals surface area contributed by atoms with Crippen molar-refractivity contribution in [3.05, 3.63) is 0 Å². The van der Waals surface area contributed by atoms with Crippen LogP contribution in [0, 0.1) is 11.3 Å². The molecule has 0 aliphatic heterocycles.